The van der Waals surface area contributed by atoms with Crippen LogP contribution in [0.15, 0.2) is 35.2 Å². The summed E-state index contributed by atoms with van der Waals surface area (Å²) in [7, 11) is -3.64. The SMILES string of the molecule is Cc1cc(C)cc(NC(=O)[C@H]2CCCN(S(=O)(=O)c3c(C)cc(C)cc3C)C2)c1. The molecule has 156 valence electrons. The van der Waals surface area contributed by atoms with Crippen molar-refractivity contribution in [1.82, 2.24) is 4.31 Å². The molecule has 1 amide bonds. The lowest BCUT2D eigenvalue weighted by Crippen LogP contribution is -2.44. The van der Waals surface area contributed by atoms with E-state index >= 15 is 0 Å². The minimum absolute atomic E-state index is 0.118. The molecule has 1 fully saturated rings. The van der Waals surface area contributed by atoms with Crippen molar-refractivity contribution in [1.29, 1.82) is 0 Å². The molecular formula is C23H30N2O3S. The maximum absolute atomic E-state index is 13.4. The molecular weight excluding hydrogens is 384 g/mol. The fraction of sp³-hybridized carbons (Fsp3) is 0.435. The third-order valence-electron chi connectivity index (χ3n) is 5.45. The summed E-state index contributed by atoms with van der Waals surface area (Å²) < 4.78 is 28.2. The van der Waals surface area contributed by atoms with Crippen LogP contribution in [-0.4, -0.2) is 31.7 Å². The Labute approximate surface area is 174 Å². The molecule has 1 saturated heterocycles. The molecule has 0 spiro atoms. The van der Waals surface area contributed by atoms with Gasteiger partial charge in [-0.15, -0.1) is 0 Å². The van der Waals surface area contributed by atoms with Gasteiger partial charge in [-0.25, -0.2) is 8.42 Å². The topological polar surface area (TPSA) is 66.5 Å². The molecule has 0 bridgehead atoms. The van der Waals surface area contributed by atoms with E-state index in [1.807, 2.05) is 58.9 Å². The van der Waals surface area contributed by atoms with E-state index in [9.17, 15) is 13.2 Å². The first kappa shape index (κ1) is 21.5. The van der Waals surface area contributed by atoms with Crippen molar-refractivity contribution in [2.24, 2.45) is 5.92 Å². The number of nitrogens with zero attached hydrogens (tertiary/aromatic N) is 1. The summed E-state index contributed by atoms with van der Waals surface area (Å²) in [6.45, 7) is 10.3. The highest BCUT2D eigenvalue weighted by Crippen LogP contribution is 2.29. The van der Waals surface area contributed by atoms with Crippen LogP contribution in [0.4, 0.5) is 5.69 Å². The van der Waals surface area contributed by atoms with Crippen molar-refractivity contribution in [2.45, 2.75) is 52.4 Å². The molecule has 1 N–H and O–H groups in total. The van der Waals surface area contributed by atoms with Crippen molar-refractivity contribution < 1.29 is 13.2 Å². The molecule has 0 unspecified atom stereocenters. The molecule has 0 aliphatic carbocycles. The van der Waals surface area contributed by atoms with Gasteiger partial charge in [-0.3, -0.25) is 4.79 Å². The van der Waals surface area contributed by atoms with E-state index in [-0.39, 0.29) is 18.4 Å². The number of rotatable bonds is 4. The molecule has 1 aliphatic rings. The third kappa shape index (κ3) is 4.70. The van der Waals surface area contributed by atoms with Crippen LogP contribution in [-0.2, 0) is 14.8 Å². The van der Waals surface area contributed by atoms with Gasteiger partial charge in [-0.05, 0) is 81.8 Å². The smallest absolute Gasteiger partial charge is 0.243 e. The number of amides is 1. The lowest BCUT2D eigenvalue weighted by atomic mass is 9.98. The van der Waals surface area contributed by atoms with E-state index in [1.165, 1.54) is 4.31 Å². The number of carbonyl (C=O) groups is 1. The molecule has 1 atom stereocenters. The Balaban J connectivity index is 1.80. The van der Waals surface area contributed by atoms with Crippen molar-refractivity contribution in [3.05, 3.63) is 58.1 Å². The van der Waals surface area contributed by atoms with Crippen molar-refractivity contribution in [3.63, 3.8) is 0 Å². The van der Waals surface area contributed by atoms with Crippen molar-refractivity contribution >= 4 is 21.6 Å². The summed E-state index contributed by atoms with van der Waals surface area (Å²) in [5.74, 6) is -0.474. The van der Waals surface area contributed by atoms with E-state index in [4.69, 9.17) is 0 Å². The predicted octanol–water partition coefficient (Wildman–Crippen LogP) is 4.27. The normalized spacial score (nSPS) is 17.9. The molecule has 0 aromatic heterocycles. The van der Waals surface area contributed by atoms with E-state index in [0.717, 1.165) is 33.5 Å². The first-order chi connectivity index (χ1) is 13.6. The maximum Gasteiger partial charge on any atom is 0.243 e. The average Bonchev–Trinajstić information content (AvgIpc) is 2.59. The minimum atomic E-state index is -3.64. The molecule has 0 saturated carbocycles. The Hall–Kier alpha value is -2.18. The van der Waals surface area contributed by atoms with Crippen LogP contribution >= 0.6 is 0 Å². The number of sulfonamides is 1. The van der Waals surface area contributed by atoms with Gasteiger partial charge in [-0.1, -0.05) is 23.8 Å². The highest BCUT2D eigenvalue weighted by Gasteiger charge is 2.34. The number of carbonyl (C=O) groups excluding carboxylic acids is 1. The average molecular weight is 415 g/mol. The highest BCUT2D eigenvalue weighted by molar-refractivity contribution is 7.89. The number of aryl methyl sites for hydroxylation is 5. The van der Waals surface area contributed by atoms with Crippen LogP contribution in [0, 0.1) is 40.5 Å². The monoisotopic (exact) mass is 414 g/mol. The fourth-order valence-corrected chi connectivity index (χ4v) is 6.30. The second-order valence-corrected chi connectivity index (χ2v) is 10.2. The van der Waals surface area contributed by atoms with Crippen LogP contribution in [0.5, 0.6) is 0 Å². The van der Waals surface area contributed by atoms with E-state index in [1.54, 1.807) is 0 Å². The third-order valence-corrected chi connectivity index (χ3v) is 7.62. The highest BCUT2D eigenvalue weighted by atomic mass is 32.2. The van der Waals surface area contributed by atoms with Gasteiger partial charge in [0, 0.05) is 18.8 Å². The largest absolute Gasteiger partial charge is 0.326 e. The molecule has 2 aromatic rings. The van der Waals surface area contributed by atoms with E-state index in [2.05, 4.69) is 11.4 Å². The molecule has 1 aliphatic heterocycles. The zero-order valence-electron chi connectivity index (χ0n) is 17.9. The number of anilines is 1. The second kappa shape index (κ2) is 8.28. The summed E-state index contributed by atoms with van der Waals surface area (Å²) in [6.07, 6.45) is 1.36. The van der Waals surface area contributed by atoms with Crippen LogP contribution in [0.3, 0.4) is 0 Å². The van der Waals surface area contributed by atoms with Crippen molar-refractivity contribution in [2.75, 3.05) is 18.4 Å². The number of hydrogen-bond donors (Lipinski definition) is 1. The number of hydrogen-bond acceptors (Lipinski definition) is 3. The molecule has 0 radical (unpaired) electrons. The molecule has 1 heterocycles. The maximum atomic E-state index is 13.4. The zero-order chi connectivity index (χ0) is 21.3. The quantitative estimate of drug-likeness (QED) is 0.812. The van der Waals surface area contributed by atoms with E-state index < -0.39 is 10.0 Å². The van der Waals surface area contributed by atoms with Crippen LogP contribution < -0.4 is 5.32 Å². The molecule has 5 nitrogen and oxygen atoms in total. The zero-order valence-corrected chi connectivity index (χ0v) is 18.7. The lowest BCUT2D eigenvalue weighted by molar-refractivity contribution is -0.120. The Kier molecular flexibility index (Phi) is 6.15. The second-order valence-electron chi connectivity index (χ2n) is 8.30. The van der Waals surface area contributed by atoms with Crippen LogP contribution in [0.25, 0.3) is 0 Å². The lowest BCUT2D eigenvalue weighted by Gasteiger charge is -2.32. The van der Waals surface area contributed by atoms with Gasteiger partial charge in [0.1, 0.15) is 0 Å². The van der Waals surface area contributed by atoms with Crippen LogP contribution in [0.1, 0.15) is 40.7 Å². The summed E-state index contributed by atoms with van der Waals surface area (Å²) in [4.78, 5) is 13.2. The first-order valence-corrected chi connectivity index (χ1v) is 11.5. The molecule has 6 heteroatoms. The first-order valence-electron chi connectivity index (χ1n) is 10.0. The summed E-state index contributed by atoms with van der Waals surface area (Å²) in [5.41, 5.74) is 5.48. The Morgan fingerprint density at radius 1 is 0.931 bits per heavy atom. The van der Waals surface area contributed by atoms with E-state index in [0.29, 0.717) is 24.3 Å². The number of piperidine rings is 1. The summed E-state index contributed by atoms with van der Waals surface area (Å²) in [5, 5.41) is 2.97. The fourth-order valence-electron chi connectivity index (χ4n) is 4.37. The number of nitrogens with one attached hydrogen (secondary N) is 1. The minimum Gasteiger partial charge on any atom is -0.326 e. The van der Waals surface area contributed by atoms with Gasteiger partial charge in [0.15, 0.2) is 0 Å². The standard InChI is InChI=1S/C23H30N2O3S/c1-15-9-16(2)13-21(12-15)24-23(26)20-7-6-8-25(14-20)29(27,28)22-18(4)10-17(3)11-19(22)5/h9-13,20H,6-8,14H2,1-5H3,(H,24,26)/t20-/m0/s1. The number of benzene rings is 2. The van der Waals surface area contributed by atoms with Gasteiger partial charge >= 0.3 is 0 Å². The van der Waals surface area contributed by atoms with Gasteiger partial charge in [-0.2, -0.15) is 4.31 Å². The predicted molar refractivity (Wildman–Crippen MR) is 117 cm³/mol. The summed E-state index contributed by atoms with van der Waals surface area (Å²) in [6, 6.07) is 9.71. The molecule has 2 aromatic carbocycles. The van der Waals surface area contributed by atoms with Crippen LogP contribution in [0.2, 0.25) is 0 Å². The Bertz CT molecular complexity index is 1000. The molecule has 29 heavy (non-hydrogen) atoms. The molecule has 3 rings (SSSR count). The van der Waals surface area contributed by atoms with Gasteiger partial charge in [0.2, 0.25) is 15.9 Å². The van der Waals surface area contributed by atoms with Gasteiger partial charge in [0.05, 0.1) is 10.8 Å². The van der Waals surface area contributed by atoms with Crippen molar-refractivity contribution in [3.8, 4) is 0 Å². The Morgan fingerprint density at radius 3 is 2.07 bits per heavy atom. The Morgan fingerprint density at radius 2 is 1.48 bits per heavy atom. The van der Waals surface area contributed by atoms with Gasteiger partial charge < -0.3 is 5.32 Å². The van der Waals surface area contributed by atoms with Gasteiger partial charge in [0.25, 0.3) is 0 Å². The summed E-state index contributed by atoms with van der Waals surface area (Å²) >= 11 is 0.